The summed E-state index contributed by atoms with van der Waals surface area (Å²) in [5.74, 6) is 0.597. The van der Waals surface area contributed by atoms with Crippen LogP contribution in [0.3, 0.4) is 0 Å². The number of fused-ring (bicyclic) bond motifs is 1. The lowest BCUT2D eigenvalue weighted by atomic mass is 9.78. The Kier molecular flexibility index (Phi) is 6.09. The van der Waals surface area contributed by atoms with E-state index in [1.807, 2.05) is 18.2 Å². The van der Waals surface area contributed by atoms with Crippen molar-refractivity contribution in [2.24, 2.45) is 5.41 Å². The number of carbonyl (C=O) groups excluding carboxylic acids is 2. The molecule has 2 fully saturated rings. The van der Waals surface area contributed by atoms with Crippen LogP contribution in [0.1, 0.15) is 76.3 Å². The summed E-state index contributed by atoms with van der Waals surface area (Å²) in [5, 5.41) is 3.97. The van der Waals surface area contributed by atoms with Crippen LogP contribution >= 0.6 is 11.6 Å². The Morgan fingerprint density at radius 2 is 1.91 bits per heavy atom. The predicted octanol–water partition coefficient (Wildman–Crippen LogP) is 5.25. The van der Waals surface area contributed by atoms with Crippen LogP contribution in [-0.4, -0.2) is 42.8 Å². The molecular weight excluding hydrogens is 420 g/mol. The van der Waals surface area contributed by atoms with Crippen molar-refractivity contribution in [2.45, 2.75) is 50.9 Å². The number of aryl methyl sites for hydroxylation is 1. The van der Waals surface area contributed by atoms with Crippen LogP contribution in [0.2, 0.25) is 5.02 Å². The van der Waals surface area contributed by atoms with Gasteiger partial charge in [0.05, 0.1) is 5.02 Å². The van der Waals surface area contributed by atoms with E-state index in [-0.39, 0.29) is 11.7 Å². The average Bonchev–Trinajstić information content (AvgIpc) is 3.41. The molecule has 32 heavy (non-hydrogen) atoms. The topological polar surface area (TPSA) is 49.4 Å². The SMILES string of the molecule is O=C(CCC1CCc2ccc(C(=O)N3CCC4(CCNCC4)C3)cc21)c1ccccc1Cl. The van der Waals surface area contributed by atoms with E-state index in [2.05, 4.69) is 22.3 Å². The summed E-state index contributed by atoms with van der Waals surface area (Å²) in [7, 11) is 0. The summed E-state index contributed by atoms with van der Waals surface area (Å²) in [5.41, 5.74) is 4.32. The van der Waals surface area contributed by atoms with Crippen LogP contribution in [0.4, 0.5) is 0 Å². The monoisotopic (exact) mass is 450 g/mol. The number of likely N-dealkylation sites (tertiary alicyclic amines) is 1. The molecule has 3 aliphatic rings. The molecule has 1 amide bonds. The molecule has 0 saturated carbocycles. The first-order chi connectivity index (χ1) is 15.5. The number of nitrogens with one attached hydrogen (secondary N) is 1. The van der Waals surface area contributed by atoms with Crippen molar-refractivity contribution in [1.82, 2.24) is 10.2 Å². The number of piperidine rings is 1. The number of benzene rings is 2. The standard InChI is InChI=1S/C27H31ClN2O2/c28-24-4-2-1-3-22(24)25(31)10-9-20-6-5-19-7-8-21(17-23(19)20)26(32)30-16-13-27(18-30)11-14-29-15-12-27/h1-4,7-8,17,20,29H,5-6,9-16,18H2. The first kappa shape index (κ1) is 21.7. The third-order valence-corrected chi connectivity index (χ3v) is 8.21. The first-order valence-corrected chi connectivity index (χ1v) is 12.3. The Morgan fingerprint density at radius 1 is 1.09 bits per heavy atom. The molecule has 2 aromatic carbocycles. The van der Waals surface area contributed by atoms with Gasteiger partial charge >= 0.3 is 0 Å². The highest BCUT2D eigenvalue weighted by Gasteiger charge is 2.40. The second-order valence-electron chi connectivity index (χ2n) is 9.82. The van der Waals surface area contributed by atoms with Crippen molar-refractivity contribution in [3.05, 3.63) is 69.7 Å². The predicted molar refractivity (Wildman–Crippen MR) is 128 cm³/mol. The molecule has 1 unspecified atom stereocenters. The lowest BCUT2D eigenvalue weighted by molar-refractivity contribution is 0.0761. The number of rotatable bonds is 5. The van der Waals surface area contributed by atoms with Gasteiger partial charge < -0.3 is 10.2 Å². The normalized spacial score (nSPS) is 21.7. The summed E-state index contributed by atoms with van der Waals surface area (Å²) in [4.78, 5) is 28.1. The second kappa shape index (κ2) is 8.99. The van der Waals surface area contributed by atoms with Gasteiger partial charge in [-0.1, -0.05) is 29.8 Å². The molecule has 2 aromatic rings. The summed E-state index contributed by atoms with van der Waals surface area (Å²) in [6.45, 7) is 3.89. The Labute approximate surface area is 195 Å². The molecule has 0 radical (unpaired) electrons. The molecular formula is C27H31ClN2O2. The molecule has 5 rings (SSSR count). The van der Waals surface area contributed by atoms with Gasteiger partial charge in [0.1, 0.15) is 0 Å². The second-order valence-corrected chi connectivity index (χ2v) is 10.2. The molecule has 168 valence electrons. The maximum absolute atomic E-state index is 13.3. The minimum absolute atomic E-state index is 0.0978. The van der Waals surface area contributed by atoms with E-state index in [4.69, 9.17) is 11.6 Å². The van der Waals surface area contributed by atoms with E-state index in [0.717, 1.165) is 57.4 Å². The van der Waals surface area contributed by atoms with Crippen LogP contribution in [0.5, 0.6) is 0 Å². The van der Waals surface area contributed by atoms with Crippen molar-refractivity contribution in [3.8, 4) is 0 Å². The van der Waals surface area contributed by atoms with Crippen LogP contribution < -0.4 is 5.32 Å². The van der Waals surface area contributed by atoms with Crippen LogP contribution in [0.15, 0.2) is 42.5 Å². The third kappa shape index (κ3) is 4.23. The Bertz CT molecular complexity index is 1030. The van der Waals surface area contributed by atoms with Gasteiger partial charge in [0.15, 0.2) is 5.78 Å². The quantitative estimate of drug-likeness (QED) is 0.633. The number of ketones is 1. The fourth-order valence-corrected chi connectivity index (χ4v) is 6.15. The third-order valence-electron chi connectivity index (χ3n) is 7.88. The number of amides is 1. The molecule has 0 bridgehead atoms. The summed E-state index contributed by atoms with van der Waals surface area (Å²) >= 11 is 6.20. The molecule has 1 spiro atoms. The summed E-state index contributed by atoms with van der Waals surface area (Å²) in [6.07, 6.45) is 6.81. The average molecular weight is 451 g/mol. The van der Waals surface area contributed by atoms with Gasteiger partial charge in [0.25, 0.3) is 5.91 Å². The lowest BCUT2D eigenvalue weighted by Crippen LogP contribution is -2.39. The van der Waals surface area contributed by atoms with E-state index in [1.165, 1.54) is 24.0 Å². The first-order valence-electron chi connectivity index (χ1n) is 12.0. The highest BCUT2D eigenvalue weighted by molar-refractivity contribution is 6.33. The molecule has 5 heteroatoms. The zero-order chi connectivity index (χ0) is 22.1. The maximum atomic E-state index is 13.3. The van der Waals surface area contributed by atoms with Crippen molar-refractivity contribution in [2.75, 3.05) is 26.2 Å². The van der Waals surface area contributed by atoms with Gasteiger partial charge in [-0.3, -0.25) is 9.59 Å². The van der Waals surface area contributed by atoms with E-state index >= 15 is 0 Å². The zero-order valence-corrected chi connectivity index (χ0v) is 19.3. The molecule has 2 heterocycles. The number of carbonyl (C=O) groups is 2. The maximum Gasteiger partial charge on any atom is 0.253 e. The van der Waals surface area contributed by atoms with Gasteiger partial charge in [-0.2, -0.15) is 0 Å². The number of hydrogen-bond donors (Lipinski definition) is 1. The van der Waals surface area contributed by atoms with Crippen LogP contribution in [-0.2, 0) is 6.42 Å². The molecule has 2 saturated heterocycles. The van der Waals surface area contributed by atoms with E-state index in [9.17, 15) is 9.59 Å². The summed E-state index contributed by atoms with van der Waals surface area (Å²) in [6, 6.07) is 13.5. The Hall–Kier alpha value is -2.17. The highest BCUT2D eigenvalue weighted by Crippen LogP contribution is 2.40. The van der Waals surface area contributed by atoms with E-state index < -0.39 is 0 Å². The fraction of sp³-hybridized carbons (Fsp3) is 0.481. The van der Waals surface area contributed by atoms with Crippen molar-refractivity contribution in [1.29, 1.82) is 0 Å². The van der Waals surface area contributed by atoms with Crippen molar-refractivity contribution in [3.63, 3.8) is 0 Å². The molecule has 2 aliphatic heterocycles. The van der Waals surface area contributed by atoms with Gasteiger partial charge in [0, 0.05) is 30.6 Å². The molecule has 1 atom stereocenters. The van der Waals surface area contributed by atoms with Crippen molar-refractivity contribution < 1.29 is 9.59 Å². The number of halogens is 1. The minimum atomic E-state index is 0.0978. The summed E-state index contributed by atoms with van der Waals surface area (Å²) < 4.78 is 0. The zero-order valence-electron chi connectivity index (χ0n) is 18.5. The smallest absolute Gasteiger partial charge is 0.253 e. The Balaban J connectivity index is 1.26. The number of nitrogens with zero attached hydrogens (tertiary/aromatic N) is 1. The van der Waals surface area contributed by atoms with Gasteiger partial charge in [0.2, 0.25) is 0 Å². The number of Topliss-reactive ketones (excluding diaryl/α,β-unsaturated/α-hetero) is 1. The van der Waals surface area contributed by atoms with Crippen molar-refractivity contribution >= 4 is 23.3 Å². The van der Waals surface area contributed by atoms with Crippen LogP contribution in [0.25, 0.3) is 0 Å². The lowest BCUT2D eigenvalue weighted by Gasteiger charge is -2.33. The molecule has 1 N–H and O–H groups in total. The van der Waals surface area contributed by atoms with E-state index in [0.29, 0.717) is 28.3 Å². The molecule has 0 aromatic heterocycles. The molecule has 4 nitrogen and oxygen atoms in total. The molecule has 1 aliphatic carbocycles. The Morgan fingerprint density at radius 3 is 2.72 bits per heavy atom. The highest BCUT2D eigenvalue weighted by atomic mass is 35.5. The fourth-order valence-electron chi connectivity index (χ4n) is 5.90. The minimum Gasteiger partial charge on any atom is -0.338 e. The van der Waals surface area contributed by atoms with Crippen LogP contribution in [0, 0.1) is 5.41 Å². The van der Waals surface area contributed by atoms with Gasteiger partial charge in [-0.05, 0) is 98.3 Å². The largest absolute Gasteiger partial charge is 0.338 e. The van der Waals surface area contributed by atoms with Gasteiger partial charge in [-0.25, -0.2) is 0 Å². The number of hydrogen-bond acceptors (Lipinski definition) is 3. The van der Waals surface area contributed by atoms with E-state index in [1.54, 1.807) is 12.1 Å². The van der Waals surface area contributed by atoms with Gasteiger partial charge in [-0.15, -0.1) is 0 Å².